The summed E-state index contributed by atoms with van der Waals surface area (Å²) in [6.45, 7) is 3.59. The van der Waals surface area contributed by atoms with Crippen LogP contribution in [0.1, 0.15) is 24.0 Å². The molecule has 0 bridgehead atoms. The first kappa shape index (κ1) is 13.8. The van der Waals surface area contributed by atoms with Crippen LogP contribution in [0.5, 0.6) is 0 Å². The highest BCUT2D eigenvalue weighted by atomic mass is 32.2. The van der Waals surface area contributed by atoms with E-state index in [1.165, 1.54) is 12.1 Å². The zero-order chi connectivity index (χ0) is 14.2. The van der Waals surface area contributed by atoms with Crippen molar-refractivity contribution >= 4 is 21.7 Å². The van der Waals surface area contributed by atoms with Crippen molar-refractivity contribution in [3.8, 4) is 0 Å². The zero-order valence-electron chi connectivity index (χ0n) is 10.9. The number of benzene rings is 1. The quantitative estimate of drug-likeness (QED) is 0.777. The highest BCUT2D eigenvalue weighted by Crippen LogP contribution is 2.24. The molecule has 0 aromatic heterocycles. The lowest BCUT2D eigenvalue weighted by Gasteiger charge is -2.13. The van der Waals surface area contributed by atoms with Gasteiger partial charge in [0.15, 0.2) is 0 Å². The second-order valence-corrected chi connectivity index (χ2v) is 6.39. The molecule has 1 saturated carbocycles. The molecular weight excluding hydrogens is 266 g/mol. The van der Waals surface area contributed by atoms with Crippen LogP contribution in [-0.4, -0.2) is 20.5 Å². The molecular formula is C12H17N3O3S. The van der Waals surface area contributed by atoms with Gasteiger partial charge in [-0.05, 0) is 49.9 Å². The molecule has 0 radical (unpaired) electrons. The lowest BCUT2D eigenvalue weighted by Crippen LogP contribution is -2.30. The van der Waals surface area contributed by atoms with E-state index >= 15 is 0 Å². The minimum atomic E-state index is -3.78. The third-order valence-electron chi connectivity index (χ3n) is 3.13. The van der Waals surface area contributed by atoms with Gasteiger partial charge in [0.1, 0.15) is 0 Å². The third-order valence-corrected chi connectivity index (χ3v) is 4.02. The van der Waals surface area contributed by atoms with Gasteiger partial charge in [0, 0.05) is 11.7 Å². The topological polar surface area (TPSA) is 101 Å². The molecule has 4 N–H and O–H groups in total. The van der Waals surface area contributed by atoms with Crippen molar-refractivity contribution in [2.45, 2.75) is 37.6 Å². The van der Waals surface area contributed by atoms with Crippen LogP contribution >= 0.6 is 0 Å². The number of sulfonamides is 1. The van der Waals surface area contributed by atoms with E-state index in [2.05, 4.69) is 10.6 Å². The van der Waals surface area contributed by atoms with Crippen LogP contribution in [0, 0.1) is 13.8 Å². The van der Waals surface area contributed by atoms with Crippen molar-refractivity contribution in [1.82, 2.24) is 5.32 Å². The average molecular weight is 283 g/mol. The Kier molecular flexibility index (Phi) is 3.51. The normalized spacial score (nSPS) is 15.1. The van der Waals surface area contributed by atoms with Gasteiger partial charge >= 0.3 is 6.03 Å². The molecule has 19 heavy (non-hydrogen) atoms. The van der Waals surface area contributed by atoms with Gasteiger partial charge < -0.3 is 10.6 Å². The second-order valence-electron chi connectivity index (χ2n) is 4.83. The Morgan fingerprint density at radius 2 is 1.95 bits per heavy atom. The monoisotopic (exact) mass is 283 g/mol. The van der Waals surface area contributed by atoms with E-state index in [4.69, 9.17) is 5.14 Å². The summed E-state index contributed by atoms with van der Waals surface area (Å²) in [7, 11) is -3.78. The summed E-state index contributed by atoms with van der Waals surface area (Å²) in [5.41, 5.74) is 2.04. The maximum atomic E-state index is 11.7. The molecule has 0 heterocycles. The van der Waals surface area contributed by atoms with E-state index in [1.807, 2.05) is 6.92 Å². The Labute approximate surface area is 112 Å². The highest BCUT2D eigenvalue weighted by molar-refractivity contribution is 7.89. The van der Waals surface area contributed by atoms with Crippen LogP contribution in [0.15, 0.2) is 17.0 Å². The summed E-state index contributed by atoms with van der Waals surface area (Å²) in [5.74, 6) is 0. The number of primary sulfonamides is 1. The number of anilines is 1. The van der Waals surface area contributed by atoms with E-state index in [-0.39, 0.29) is 17.0 Å². The van der Waals surface area contributed by atoms with Crippen LogP contribution in [0.3, 0.4) is 0 Å². The van der Waals surface area contributed by atoms with Crippen molar-refractivity contribution in [2.24, 2.45) is 5.14 Å². The maximum Gasteiger partial charge on any atom is 0.319 e. The van der Waals surface area contributed by atoms with Crippen LogP contribution < -0.4 is 15.8 Å². The van der Waals surface area contributed by atoms with Crippen LogP contribution in [-0.2, 0) is 10.0 Å². The lowest BCUT2D eigenvalue weighted by atomic mass is 10.1. The number of rotatable bonds is 3. The summed E-state index contributed by atoms with van der Waals surface area (Å²) in [5, 5.41) is 10.6. The summed E-state index contributed by atoms with van der Waals surface area (Å²) < 4.78 is 22.7. The highest BCUT2D eigenvalue weighted by Gasteiger charge is 2.23. The van der Waals surface area contributed by atoms with Gasteiger partial charge in [-0.2, -0.15) is 0 Å². The minimum Gasteiger partial charge on any atom is -0.335 e. The predicted molar refractivity (Wildman–Crippen MR) is 72.5 cm³/mol. The Hall–Kier alpha value is -1.60. The number of carbonyl (C=O) groups excluding carboxylic acids is 1. The van der Waals surface area contributed by atoms with Crippen molar-refractivity contribution < 1.29 is 13.2 Å². The number of nitrogens with two attached hydrogens (primary N) is 1. The van der Waals surface area contributed by atoms with Gasteiger partial charge in [-0.25, -0.2) is 18.4 Å². The van der Waals surface area contributed by atoms with E-state index in [9.17, 15) is 13.2 Å². The standard InChI is InChI=1S/C12H17N3O3S/c1-7-5-10(19(13,17)18)6-11(8(7)2)15-12(16)14-9-3-4-9/h5-6,9H,3-4H2,1-2H3,(H2,13,17,18)(H2,14,15,16). The molecule has 2 amide bonds. The lowest BCUT2D eigenvalue weighted by molar-refractivity contribution is 0.251. The maximum absolute atomic E-state index is 11.7. The predicted octanol–water partition coefficient (Wildman–Crippen LogP) is 1.23. The first-order valence-electron chi connectivity index (χ1n) is 5.99. The molecule has 7 heteroatoms. The van der Waals surface area contributed by atoms with Gasteiger partial charge in [-0.1, -0.05) is 0 Å². The van der Waals surface area contributed by atoms with Crippen molar-refractivity contribution in [3.63, 3.8) is 0 Å². The smallest absolute Gasteiger partial charge is 0.319 e. The third kappa shape index (κ3) is 3.45. The van der Waals surface area contributed by atoms with Crippen LogP contribution in [0.2, 0.25) is 0 Å². The van der Waals surface area contributed by atoms with Crippen LogP contribution in [0.25, 0.3) is 0 Å². The van der Waals surface area contributed by atoms with Crippen LogP contribution in [0.4, 0.5) is 10.5 Å². The summed E-state index contributed by atoms with van der Waals surface area (Å²) in [4.78, 5) is 11.7. The van der Waals surface area contributed by atoms with Crippen molar-refractivity contribution in [2.75, 3.05) is 5.32 Å². The summed E-state index contributed by atoms with van der Waals surface area (Å²) in [6, 6.07) is 2.79. The number of hydrogen-bond acceptors (Lipinski definition) is 3. The van der Waals surface area contributed by atoms with E-state index in [1.54, 1.807) is 6.92 Å². The second kappa shape index (κ2) is 4.82. The molecule has 1 aliphatic rings. The fourth-order valence-corrected chi connectivity index (χ4v) is 2.31. The SMILES string of the molecule is Cc1cc(S(N)(=O)=O)cc(NC(=O)NC2CC2)c1C. The number of carbonyl (C=O) groups is 1. The summed E-state index contributed by atoms with van der Waals surface area (Å²) in [6.07, 6.45) is 1.98. The Balaban J connectivity index is 2.27. The molecule has 0 unspecified atom stereocenters. The number of hydrogen-bond donors (Lipinski definition) is 3. The fourth-order valence-electron chi connectivity index (χ4n) is 1.69. The first-order valence-corrected chi connectivity index (χ1v) is 7.53. The molecule has 104 valence electrons. The molecule has 0 aliphatic heterocycles. The van der Waals surface area contributed by atoms with Crippen molar-refractivity contribution in [3.05, 3.63) is 23.3 Å². The molecule has 1 aromatic rings. The van der Waals surface area contributed by atoms with E-state index in [0.29, 0.717) is 5.69 Å². The molecule has 1 aliphatic carbocycles. The van der Waals surface area contributed by atoms with Gasteiger partial charge in [0.25, 0.3) is 0 Å². The molecule has 0 saturated heterocycles. The Morgan fingerprint density at radius 1 is 1.32 bits per heavy atom. The minimum absolute atomic E-state index is 0.00248. The molecule has 1 fully saturated rings. The van der Waals surface area contributed by atoms with E-state index in [0.717, 1.165) is 24.0 Å². The van der Waals surface area contributed by atoms with Gasteiger partial charge in [-0.15, -0.1) is 0 Å². The number of nitrogens with one attached hydrogen (secondary N) is 2. The molecule has 2 rings (SSSR count). The Morgan fingerprint density at radius 3 is 2.47 bits per heavy atom. The van der Waals surface area contributed by atoms with Crippen molar-refractivity contribution in [1.29, 1.82) is 0 Å². The number of amides is 2. The number of aryl methyl sites for hydroxylation is 1. The van der Waals surface area contributed by atoms with Gasteiger partial charge in [0.05, 0.1) is 4.90 Å². The zero-order valence-corrected chi connectivity index (χ0v) is 11.7. The van der Waals surface area contributed by atoms with E-state index < -0.39 is 10.0 Å². The largest absolute Gasteiger partial charge is 0.335 e. The first-order chi connectivity index (χ1) is 8.77. The van der Waals surface area contributed by atoms with Gasteiger partial charge in [0.2, 0.25) is 10.0 Å². The molecule has 1 aromatic carbocycles. The molecule has 0 atom stereocenters. The van der Waals surface area contributed by atoms with Gasteiger partial charge in [-0.3, -0.25) is 0 Å². The molecule has 0 spiro atoms. The fraction of sp³-hybridized carbons (Fsp3) is 0.417. The average Bonchev–Trinajstić information content (AvgIpc) is 3.06. The number of urea groups is 1. The molecule has 6 nitrogen and oxygen atoms in total. The summed E-state index contributed by atoms with van der Waals surface area (Å²) >= 11 is 0. The Bertz CT molecular complexity index is 621.